The third kappa shape index (κ3) is 2.14. The number of aromatic nitrogens is 1. The summed E-state index contributed by atoms with van der Waals surface area (Å²) < 4.78 is 36.1. The molecule has 14 heavy (non-hydrogen) atoms. The van der Waals surface area contributed by atoms with Gasteiger partial charge < -0.3 is 10.2 Å². The second-order valence-electron chi connectivity index (χ2n) is 2.80. The normalized spacial score (nSPS) is 14.1. The van der Waals surface area contributed by atoms with Crippen molar-refractivity contribution in [2.24, 2.45) is 0 Å². The van der Waals surface area contributed by atoms with Crippen LogP contribution in [-0.4, -0.2) is 21.4 Å². The van der Waals surface area contributed by atoms with E-state index in [-0.39, 0.29) is 0 Å². The van der Waals surface area contributed by atoms with Gasteiger partial charge in [-0.1, -0.05) is 0 Å². The second-order valence-corrected chi connectivity index (χ2v) is 2.80. The van der Waals surface area contributed by atoms with Crippen LogP contribution >= 0.6 is 0 Å². The van der Waals surface area contributed by atoms with Gasteiger partial charge in [-0.25, -0.2) is 0 Å². The maximum absolute atomic E-state index is 12.0. The molecule has 1 aromatic rings. The molecule has 0 amide bonds. The average molecular weight is 207 g/mol. The molecule has 6 heteroatoms. The Kier molecular flexibility index (Phi) is 2.66. The molecule has 1 atom stereocenters. The summed E-state index contributed by atoms with van der Waals surface area (Å²) in [6.07, 6.45) is -7.57. The van der Waals surface area contributed by atoms with Gasteiger partial charge in [0.15, 0.2) is 6.10 Å². The van der Waals surface area contributed by atoms with E-state index in [0.29, 0.717) is 5.69 Å². The highest BCUT2D eigenvalue weighted by atomic mass is 19.4. The fourth-order valence-electron chi connectivity index (χ4n) is 0.926. The number of aliphatic hydroxyl groups excluding tert-OH is 1. The molecular weight excluding hydrogens is 199 g/mol. The zero-order valence-electron chi connectivity index (χ0n) is 7.21. The Morgan fingerprint density at radius 1 is 1.36 bits per heavy atom. The number of nitrogens with zero attached hydrogens (tertiary/aromatic N) is 1. The lowest BCUT2D eigenvalue weighted by molar-refractivity contribution is -0.208. The molecule has 78 valence electrons. The third-order valence-corrected chi connectivity index (χ3v) is 1.61. The van der Waals surface area contributed by atoms with Gasteiger partial charge >= 0.3 is 6.18 Å². The molecule has 0 aliphatic carbocycles. The summed E-state index contributed by atoms with van der Waals surface area (Å²) in [6, 6.07) is 2.41. The maximum Gasteiger partial charge on any atom is 0.420 e. The van der Waals surface area contributed by atoms with Crippen molar-refractivity contribution in [3.05, 3.63) is 23.5 Å². The minimum absolute atomic E-state index is 0.293. The number of aryl methyl sites for hydroxylation is 1. The van der Waals surface area contributed by atoms with E-state index in [1.165, 1.54) is 13.0 Å². The number of aromatic hydroxyl groups is 1. The predicted molar refractivity (Wildman–Crippen MR) is 41.7 cm³/mol. The van der Waals surface area contributed by atoms with Gasteiger partial charge in [0.2, 0.25) is 0 Å². The van der Waals surface area contributed by atoms with Crippen LogP contribution in [0.3, 0.4) is 0 Å². The minimum Gasteiger partial charge on any atom is -0.506 e. The van der Waals surface area contributed by atoms with Crippen molar-refractivity contribution in [3.8, 4) is 5.75 Å². The molecule has 1 unspecified atom stereocenters. The zero-order valence-corrected chi connectivity index (χ0v) is 7.21. The Bertz CT molecular complexity index is 338. The molecule has 1 heterocycles. The van der Waals surface area contributed by atoms with Gasteiger partial charge in [0.05, 0.1) is 0 Å². The van der Waals surface area contributed by atoms with Crippen LogP contribution in [0, 0.1) is 6.92 Å². The van der Waals surface area contributed by atoms with E-state index in [2.05, 4.69) is 4.98 Å². The highest BCUT2D eigenvalue weighted by Gasteiger charge is 2.41. The molecule has 0 aliphatic heterocycles. The van der Waals surface area contributed by atoms with E-state index in [1.54, 1.807) is 0 Å². The van der Waals surface area contributed by atoms with Gasteiger partial charge in [0.25, 0.3) is 0 Å². The van der Waals surface area contributed by atoms with Crippen molar-refractivity contribution < 1.29 is 23.4 Å². The molecular formula is C8H8F3NO2. The quantitative estimate of drug-likeness (QED) is 0.736. The molecule has 2 N–H and O–H groups in total. The maximum atomic E-state index is 12.0. The summed E-state index contributed by atoms with van der Waals surface area (Å²) in [6.45, 7) is 1.46. The number of halogens is 3. The molecule has 0 aliphatic rings. The molecule has 0 radical (unpaired) electrons. The third-order valence-electron chi connectivity index (χ3n) is 1.61. The van der Waals surface area contributed by atoms with Crippen LogP contribution in [0.5, 0.6) is 5.75 Å². The number of alkyl halides is 3. The lowest BCUT2D eigenvalue weighted by Gasteiger charge is -2.15. The number of hydrogen-bond donors (Lipinski definition) is 2. The van der Waals surface area contributed by atoms with Crippen molar-refractivity contribution in [3.63, 3.8) is 0 Å². The molecule has 0 aromatic carbocycles. The van der Waals surface area contributed by atoms with Crippen molar-refractivity contribution in [1.29, 1.82) is 0 Å². The van der Waals surface area contributed by atoms with Crippen LogP contribution in [0.1, 0.15) is 17.5 Å². The Balaban J connectivity index is 3.12. The molecule has 0 fully saturated rings. The zero-order chi connectivity index (χ0) is 10.9. The second kappa shape index (κ2) is 3.45. The van der Waals surface area contributed by atoms with Gasteiger partial charge in [-0.2, -0.15) is 13.2 Å². The van der Waals surface area contributed by atoms with Crippen LogP contribution in [0.4, 0.5) is 13.2 Å². The Labute approximate surface area is 77.8 Å². The number of aliphatic hydroxyl groups is 1. The number of pyridine rings is 1. The van der Waals surface area contributed by atoms with Crippen molar-refractivity contribution in [2.45, 2.75) is 19.2 Å². The molecule has 1 rings (SSSR count). The number of hydrogen-bond acceptors (Lipinski definition) is 3. The van der Waals surface area contributed by atoms with E-state index >= 15 is 0 Å². The fourth-order valence-corrected chi connectivity index (χ4v) is 0.926. The first-order valence-electron chi connectivity index (χ1n) is 3.73. The Morgan fingerprint density at radius 2 is 1.93 bits per heavy atom. The first-order valence-corrected chi connectivity index (χ1v) is 3.73. The summed E-state index contributed by atoms with van der Waals surface area (Å²) in [5, 5.41) is 17.9. The smallest absolute Gasteiger partial charge is 0.420 e. The van der Waals surface area contributed by atoms with E-state index < -0.39 is 23.7 Å². The minimum atomic E-state index is -4.82. The van der Waals surface area contributed by atoms with Crippen LogP contribution in [-0.2, 0) is 0 Å². The van der Waals surface area contributed by atoms with Crippen molar-refractivity contribution >= 4 is 0 Å². The first-order chi connectivity index (χ1) is 6.32. The fraction of sp³-hybridized carbons (Fsp3) is 0.375. The predicted octanol–water partition coefficient (Wildman–Crippen LogP) is 1.69. The topological polar surface area (TPSA) is 53.4 Å². The van der Waals surface area contributed by atoms with Crippen molar-refractivity contribution in [2.75, 3.05) is 0 Å². The molecule has 3 nitrogen and oxygen atoms in total. The molecule has 1 aromatic heterocycles. The van der Waals surface area contributed by atoms with E-state index in [9.17, 15) is 13.2 Å². The van der Waals surface area contributed by atoms with Gasteiger partial charge in [0.1, 0.15) is 11.4 Å². The van der Waals surface area contributed by atoms with Gasteiger partial charge in [-0.15, -0.1) is 0 Å². The van der Waals surface area contributed by atoms with Gasteiger partial charge in [0, 0.05) is 5.69 Å². The molecule has 0 bridgehead atoms. The van der Waals surface area contributed by atoms with E-state index in [0.717, 1.165) is 6.07 Å². The summed E-state index contributed by atoms with van der Waals surface area (Å²) in [5.74, 6) is -0.666. The molecule has 0 saturated heterocycles. The molecule has 0 saturated carbocycles. The van der Waals surface area contributed by atoms with Crippen LogP contribution in [0.25, 0.3) is 0 Å². The summed E-state index contributed by atoms with van der Waals surface area (Å²) in [4.78, 5) is 3.42. The van der Waals surface area contributed by atoms with E-state index in [1.807, 2.05) is 0 Å². The van der Waals surface area contributed by atoms with Crippen LogP contribution < -0.4 is 0 Å². The largest absolute Gasteiger partial charge is 0.506 e. The van der Waals surface area contributed by atoms with Crippen molar-refractivity contribution in [1.82, 2.24) is 4.98 Å². The summed E-state index contributed by atoms with van der Waals surface area (Å²) >= 11 is 0. The van der Waals surface area contributed by atoms with Gasteiger partial charge in [-0.05, 0) is 19.1 Å². The SMILES string of the molecule is Cc1ccc(O)c(C(O)C(F)(F)F)n1. The van der Waals surface area contributed by atoms with Crippen LogP contribution in [0.2, 0.25) is 0 Å². The highest BCUT2D eigenvalue weighted by Crippen LogP contribution is 2.35. The Hall–Kier alpha value is -1.30. The first kappa shape index (κ1) is 10.8. The average Bonchev–Trinajstić information content (AvgIpc) is 2.06. The number of rotatable bonds is 1. The standard InChI is InChI=1S/C8H8F3NO2/c1-4-2-3-5(13)6(12-4)7(14)8(9,10)11/h2-3,7,13-14H,1H3. The van der Waals surface area contributed by atoms with Crippen LogP contribution in [0.15, 0.2) is 12.1 Å². The highest BCUT2D eigenvalue weighted by molar-refractivity contribution is 5.29. The monoisotopic (exact) mass is 207 g/mol. The lowest BCUT2D eigenvalue weighted by atomic mass is 10.2. The van der Waals surface area contributed by atoms with Gasteiger partial charge in [-0.3, -0.25) is 4.98 Å². The molecule has 0 spiro atoms. The van der Waals surface area contributed by atoms with E-state index in [4.69, 9.17) is 10.2 Å². The Morgan fingerprint density at radius 3 is 2.43 bits per heavy atom. The summed E-state index contributed by atoms with van der Waals surface area (Å²) in [5.41, 5.74) is -0.474. The lowest BCUT2D eigenvalue weighted by Crippen LogP contribution is -2.21. The summed E-state index contributed by atoms with van der Waals surface area (Å²) in [7, 11) is 0.